The van der Waals surface area contributed by atoms with E-state index in [1.54, 1.807) is 0 Å². The minimum Gasteiger partial charge on any atom is -0.550 e. The van der Waals surface area contributed by atoms with Crippen LogP contribution in [-0.2, 0) is 9.59 Å². The van der Waals surface area contributed by atoms with Crippen LogP contribution in [0.25, 0.3) is 0 Å². The number of rotatable bonds is 12. The van der Waals surface area contributed by atoms with E-state index in [1.165, 1.54) is 12.8 Å². The Morgan fingerprint density at radius 2 is 0.957 bits per heavy atom. The van der Waals surface area contributed by atoms with E-state index in [-0.39, 0.29) is 35.9 Å². The maximum absolute atomic E-state index is 9.99. The first kappa shape index (κ1) is 27.5. The Morgan fingerprint density at radius 1 is 0.652 bits per heavy atom. The fourth-order valence-corrected chi connectivity index (χ4v) is 2.00. The number of unbranched alkanes of at least 4 members (excludes halogenated alkanes) is 4. The summed E-state index contributed by atoms with van der Waals surface area (Å²) in [7, 11) is 0. The number of carbonyl (C=O) groups is 2. The van der Waals surface area contributed by atoms with Gasteiger partial charge in [-0.15, -0.1) is 0 Å². The molecule has 4 nitrogen and oxygen atoms in total. The first-order valence-corrected chi connectivity index (χ1v) is 8.65. The molecule has 0 aliphatic rings. The van der Waals surface area contributed by atoms with Gasteiger partial charge in [0.2, 0.25) is 0 Å². The smallest absolute Gasteiger partial charge is 0.550 e. The van der Waals surface area contributed by atoms with Crippen molar-refractivity contribution in [2.75, 3.05) is 0 Å². The molecule has 0 aromatic carbocycles. The number of carboxylic acids is 2. The molecule has 0 saturated heterocycles. The predicted molar refractivity (Wildman–Crippen MR) is 91.6 cm³/mol. The van der Waals surface area contributed by atoms with Gasteiger partial charge in [-0.2, -0.15) is 0 Å². The Hall–Kier alpha value is -0.294. The van der Waals surface area contributed by atoms with Crippen LogP contribution in [0.5, 0.6) is 0 Å². The van der Waals surface area contributed by atoms with Gasteiger partial charge in [0.1, 0.15) is 0 Å². The van der Waals surface area contributed by atoms with Crippen LogP contribution in [0.2, 0.25) is 0 Å². The second-order valence-electron chi connectivity index (χ2n) is 6.73. The third-order valence-electron chi connectivity index (χ3n) is 3.32. The van der Waals surface area contributed by atoms with E-state index in [2.05, 4.69) is 27.7 Å². The summed E-state index contributed by atoms with van der Waals surface area (Å²) in [5.41, 5.74) is 0. The number of hydrogen-bond acceptors (Lipinski definition) is 4. The molecule has 0 fully saturated rings. The summed E-state index contributed by atoms with van der Waals surface area (Å²) in [6.07, 6.45) is 8.72. The molecule has 0 radical (unpaired) electrons. The molecule has 0 aliphatic carbocycles. The van der Waals surface area contributed by atoms with Crippen LogP contribution in [-0.4, -0.2) is 35.0 Å². The molecule has 0 aromatic rings. The van der Waals surface area contributed by atoms with Crippen molar-refractivity contribution in [2.45, 2.75) is 91.9 Å². The average molecular weight is 339 g/mol. The Morgan fingerprint density at radius 3 is 1.17 bits per heavy atom. The molecule has 0 heterocycles. The van der Waals surface area contributed by atoms with Gasteiger partial charge >= 0.3 is 23.1 Å². The van der Waals surface area contributed by atoms with Gasteiger partial charge < -0.3 is 19.8 Å². The van der Waals surface area contributed by atoms with Crippen molar-refractivity contribution in [3.8, 4) is 0 Å². The summed E-state index contributed by atoms with van der Waals surface area (Å²) in [5, 5.41) is 20.0. The molecule has 0 N–H and O–H groups in total. The van der Waals surface area contributed by atoms with Crippen LogP contribution in [0.1, 0.15) is 91.9 Å². The normalized spacial score (nSPS) is 10.0. The van der Waals surface area contributed by atoms with Crippen molar-refractivity contribution < 1.29 is 19.8 Å². The molecule has 132 valence electrons. The minimum absolute atomic E-state index is 0. The van der Waals surface area contributed by atoms with Crippen molar-refractivity contribution in [1.29, 1.82) is 0 Å². The third-order valence-corrected chi connectivity index (χ3v) is 3.32. The van der Waals surface area contributed by atoms with E-state index in [0.717, 1.165) is 50.4 Å². The van der Waals surface area contributed by atoms with E-state index in [9.17, 15) is 19.8 Å². The van der Waals surface area contributed by atoms with Gasteiger partial charge in [-0.3, -0.25) is 0 Å². The Bertz CT molecular complexity index is 250. The Kier molecular flexibility index (Phi) is 23.7. The van der Waals surface area contributed by atoms with Crippen molar-refractivity contribution in [1.82, 2.24) is 0 Å². The molecule has 23 heavy (non-hydrogen) atoms. The van der Waals surface area contributed by atoms with E-state index in [4.69, 9.17) is 0 Å². The molecule has 0 atom stereocenters. The molecule has 0 unspecified atom stereocenters. The largest absolute Gasteiger partial charge is 2.00 e. The van der Waals surface area contributed by atoms with Gasteiger partial charge in [0.25, 0.3) is 0 Å². The van der Waals surface area contributed by atoms with Gasteiger partial charge in [0, 0.05) is 11.9 Å². The standard InChI is InChI=1S/2C9H18O2.Mg/c2*1-8(2)6-4-3-5-7-9(10)11;/h2*8H,3-7H2,1-2H3,(H,10,11);/q;;+2/p-2. The fourth-order valence-electron chi connectivity index (χ4n) is 2.00. The van der Waals surface area contributed by atoms with Gasteiger partial charge in [-0.05, 0) is 37.5 Å². The minimum atomic E-state index is -0.922. The number of carboxylic acid groups (broad SMARTS) is 2. The Labute approximate surface area is 158 Å². The zero-order valence-corrected chi connectivity index (χ0v) is 17.0. The fraction of sp³-hybridized carbons (Fsp3) is 0.889. The van der Waals surface area contributed by atoms with Crippen LogP contribution in [0.3, 0.4) is 0 Å². The monoisotopic (exact) mass is 338 g/mol. The van der Waals surface area contributed by atoms with Crippen LogP contribution >= 0.6 is 0 Å². The summed E-state index contributed by atoms with van der Waals surface area (Å²) in [5.74, 6) is -0.375. The van der Waals surface area contributed by atoms with Gasteiger partial charge in [-0.1, -0.05) is 66.2 Å². The van der Waals surface area contributed by atoms with E-state index in [1.807, 2.05) is 0 Å². The average Bonchev–Trinajstić information content (AvgIpc) is 2.37. The first-order valence-electron chi connectivity index (χ1n) is 8.65. The van der Waals surface area contributed by atoms with Gasteiger partial charge in [0.15, 0.2) is 0 Å². The summed E-state index contributed by atoms with van der Waals surface area (Å²) in [6.45, 7) is 8.72. The van der Waals surface area contributed by atoms with E-state index < -0.39 is 11.9 Å². The number of hydrogen-bond donors (Lipinski definition) is 0. The van der Waals surface area contributed by atoms with Crippen molar-refractivity contribution >= 4 is 35.0 Å². The SMILES string of the molecule is CC(C)CCCCCC(=O)[O-].CC(C)CCCCCC(=O)[O-].[Mg+2]. The van der Waals surface area contributed by atoms with Crippen LogP contribution in [0.15, 0.2) is 0 Å². The van der Waals surface area contributed by atoms with E-state index >= 15 is 0 Å². The molecule has 0 amide bonds. The maximum Gasteiger partial charge on any atom is 2.00 e. The van der Waals surface area contributed by atoms with Gasteiger partial charge in [0.05, 0.1) is 0 Å². The summed E-state index contributed by atoms with van der Waals surface area (Å²) >= 11 is 0. The zero-order chi connectivity index (χ0) is 17.4. The maximum atomic E-state index is 9.99. The molecular weight excluding hydrogens is 304 g/mol. The van der Waals surface area contributed by atoms with Crippen LogP contribution in [0.4, 0.5) is 0 Å². The quantitative estimate of drug-likeness (QED) is 0.404. The third kappa shape index (κ3) is 34.2. The molecule has 0 aromatic heterocycles. The predicted octanol–water partition coefficient (Wildman–Crippen LogP) is 2.30. The topological polar surface area (TPSA) is 80.3 Å². The zero-order valence-electron chi connectivity index (χ0n) is 15.6. The van der Waals surface area contributed by atoms with Crippen molar-refractivity contribution in [2.24, 2.45) is 11.8 Å². The molecule has 0 spiro atoms. The molecule has 0 saturated carbocycles. The summed E-state index contributed by atoms with van der Waals surface area (Å²) in [4.78, 5) is 20.0. The van der Waals surface area contributed by atoms with Crippen LogP contribution in [0, 0.1) is 11.8 Å². The number of carbonyl (C=O) groups excluding carboxylic acids is 2. The molecule has 0 aliphatic heterocycles. The second kappa shape index (κ2) is 19.8. The first-order chi connectivity index (χ1) is 10.3. The molecule has 5 heteroatoms. The van der Waals surface area contributed by atoms with Crippen molar-refractivity contribution in [3.05, 3.63) is 0 Å². The van der Waals surface area contributed by atoms with Crippen LogP contribution < -0.4 is 10.2 Å². The summed E-state index contributed by atoms with van der Waals surface area (Å²) in [6, 6.07) is 0. The molecule has 0 rings (SSSR count). The molecular formula is C18H34MgO4. The molecule has 0 bridgehead atoms. The van der Waals surface area contributed by atoms with Gasteiger partial charge in [-0.25, -0.2) is 0 Å². The van der Waals surface area contributed by atoms with Crippen molar-refractivity contribution in [3.63, 3.8) is 0 Å². The Balaban J connectivity index is -0.000000333. The summed E-state index contributed by atoms with van der Waals surface area (Å²) < 4.78 is 0. The number of aliphatic carboxylic acids is 2. The second-order valence-corrected chi connectivity index (χ2v) is 6.73. The van der Waals surface area contributed by atoms with E-state index in [0.29, 0.717) is 0 Å².